The highest BCUT2D eigenvalue weighted by Crippen LogP contribution is 2.22. The van der Waals surface area contributed by atoms with E-state index in [2.05, 4.69) is 36.1 Å². The molecule has 4 nitrogen and oxygen atoms in total. The Hall–Kier alpha value is -1.16. The van der Waals surface area contributed by atoms with Gasteiger partial charge in [0.15, 0.2) is 0 Å². The summed E-state index contributed by atoms with van der Waals surface area (Å²) in [5, 5.41) is 3.47. The van der Waals surface area contributed by atoms with Crippen molar-refractivity contribution in [3.8, 4) is 0 Å². The number of hydrogen-bond acceptors (Lipinski definition) is 4. The topological polar surface area (TPSA) is 41.1 Å². The summed E-state index contributed by atoms with van der Waals surface area (Å²) < 4.78 is 0. The van der Waals surface area contributed by atoms with Gasteiger partial charge >= 0.3 is 0 Å². The molecule has 0 aromatic carbocycles. The maximum Gasteiger partial charge on any atom is 0.224 e. The van der Waals surface area contributed by atoms with E-state index in [1.807, 2.05) is 31.3 Å². The van der Waals surface area contributed by atoms with E-state index in [0.717, 1.165) is 24.6 Å². The van der Waals surface area contributed by atoms with E-state index in [0.29, 0.717) is 12.0 Å². The van der Waals surface area contributed by atoms with Gasteiger partial charge in [0, 0.05) is 32.3 Å². The highest BCUT2D eigenvalue weighted by molar-refractivity contribution is 5.28. The van der Waals surface area contributed by atoms with Crippen molar-refractivity contribution in [3.63, 3.8) is 0 Å². The zero-order valence-corrected chi connectivity index (χ0v) is 11.6. The summed E-state index contributed by atoms with van der Waals surface area (Å²) in [7, 11) is 3.93. The Morgan fingerprint density at radius 2 is 2.06 bits per heavy atom. The molecule has 4 heteroatoms. The first-order chi connectivity index (χ1) is 8.10. The Balaban J connectivity index is 2.91. The van der Waals surface area contributed by atoms with Crippen LogP contribution in [-0.4, -0.2) is 36.6 Å². The van der Waals surface area contributed by atoms with E-state index in [-0.39, 0.29) is 0 Å². The first-order valence-corrected chi connectivity index (χ1v) is 6.33. The van der Waals surface area contributed by atoms with Crippen molar-refractivity contribution >= 4 is 5.95 Å². The van der Waals surface area contributed by atoms with Gasteiger partial charge in [0.25, 0.3) is 0 Å². The van der Waals surface area contributed by atoms with Gasteiger partial charge in [-0.2, -0.15) is 0 Å². The third kappa shape index (κ3) is 3.66. The summed E-state index contributed by atoms with van der Waals surface area (Å²) in [5.41, 5.74) is 1.12. The molecule has 0 bridgehead atoms. The highest BCUT2D eigenvalue weighted by atomic mass is 15.2. The smallest absolute Gasteiger partial charge is 0.224 e. The molecule has 1 N–H and O–H groups in total. The van der Waals surface area contributed by atoms with Crippen LogP contribution >= 0.6 is 0 Å². The quantitative estimate of drug-likeness (QED) is 0.820. The molecule has 0 fully saturated rings. The lowest BCUT2D eigenvalue weighted by atomic mass is 9.94. The van der Waals surface area contributed by atoms with Gasteiger partial charge in [0.2, 0.25) is 5.95 Å². The third-order valence-electron chi connectivity index (χ3n) is 3.01. The van der Waals surface area contributed by atoms with Gasteiger partial charge in [-0.1, -0.05) is 13.8 Å². The Bertz CT molecular complexity index is 338. The molecule has 0 aliphatic rings. The van der Waals surface area contributed by atoms with Crippen LogP contribution in [0.15, 0.2) is 12.3 Å². The number of nitrogens with zero attached hydrogens (tertiary/aromatic N) is 3. The van der Waals surface area contributed by atoms with Crippen molar-refractivity contribution < 1.29 is 0 Å². The van der Waals surface area contributed by atoms with Gasteiger partial charge in [-0.15, -0.1) is 0 Å². The summed E-state index contributed by atoms with van der Waals surface area (Å²) >= 11 is 0. The fraction of sp³-hybridized carbons (Fsp3) is 0.692. The number of hydrogen-bond donors (Lipinski definition) is 1. The van der Waals surface area contributed by atoms with Crippen molar-refractivity contribution in [2.75, 3.05) is 25.5 Å². The lowest BCUT2D eigenvalue weighted by Crippen LogP contribution is -2.32. The molecule has 1 aromatic heterocycles. The average Bonchev–Trinajstić information content (AvgIpc) is 2.30. The summed E-state index contributed by atoms with van der Waals surface area (Å²) in [6, 6.07) is 2.46. The lowest BCUT2D eigenvalue weighted by Gasteiger charge is -2.23. The molecule has 0 amide bonds. The van der Waals surface area contributed by atoms with Gasteiger partial charge in [0.1, 0.15) is 0 Å². The summed E-state index contributed by atoms with van der Waals surface area (Å²) in [6.07, 6.45) is 2.93. The van der Waals surface area contributed by atoms with Crippen molar-refractivity contribution in [3.05, 3.63) is 18.0 Å². The van der Waals surface area contributed by atoms with E-state index in [4.69, 9.17) is 0 Å². The van der Waals surface area contributed by atoms with Crippen LogP contribution in [0.3, 0.4) is 0 Å². The van der Waals surface area contributed by atoms with Crippen LogP contribution in [-0.2, 0) is 0 Å². The molecule has 96 valence electrons. The van der Waals surface area contributed by atoms with E-state index in [1.54, 1.807) is 0 Å². The molecule has 0 spiro atoms. The number of rotatable bonds is 6. The molecule has 0 radical (unpaired) electrons. The minimum Gasteiger partial charge on any atom is -0.347 e. The van der Waals surface area contributed by atoms with E-state index in [9.17, 15) is 0 Å². The fourth-order valence-corrected chi connectivity index (χ4v) is 2.07. The normalized spacial score (nSPS) is 14.4. The van der Waals surface area contributed by atoms with Crippen LogP contribution in [0.5, 0.6) is 0 Å². The van der Waals surface area contributed by atoms with Crippen LogP contribution in [0.4, 0.5) is 5.95 Å². The van der Waals surface area contributed by atoms with Crippen LogP contribution in [0, 0.1) is 0 Å². The monoisotopic (exact) mass is 236 g/mol. The number of nitrogens with one attached hydrogen (secondary N) is 1. The molecule has 0 saturated heterocycles. The van der Waals surface area contributed by atoms with Crippen molar-refractivity contribution in [2.45, 2.75) is 39.2 Å². The predicted octanol–water partition coefficient (Wildman–Crippen LogP) is 2.03. The predicted molar refractivity (Wildman–Crippen MR) is 72.5 cm³/mol. The van der Waals surface area contributed by atoms with Gasteiger partial charge in [0.05, 0.1) is 5.69 Å². The Labute approximate surface area is 104 Å². The molecular formula is C13H24N4. The molecule has 0 aliphatic carbocycles. The Morgan fingerprint density at radius 3 is 2.59 bits per heavy atom. The minimum absolute atomic E-state index is 0.440. The Morgan fingerprint density at radius 1 is 1.35 bits per heavy atom. The molecule has 17 heavy (non-hydrogen) atoms. The Kier molecular flexibility index (Phi) is 5.35. The summed E-state index contributed by atoms with van der Waals surface area (Å²) in [5.74, 6) is 1.22. The number of likely N-dealkylation sites (N-methyl/N-ethyl adjacent to an activating group) is 1. The maximum absolute atomic E-state index is 4.62. The van der Waals surface area contributed by atoms with E-state index in [1.165, 1.54) is 0 Å². The van der Waals surface area contributed by atoms with Crippen LogP contribution < -0.4 is 10.2 Å². The zero-order chi connectivity index (χ0) is 12.8. The lowest BCUT2D eigenvalue weighted by molar-refractivity contribution is 0.452. The summed E-state index contributed by atoms with van der Waals surface area (Å²) in [4.78, 5) is 10.8. The second-order valence-corrected chi connectivity index (χ2v) is 4.54. The van der Waals surface area contributed by atoms with Gasteiger partial charge in [-0.3, -0.25) is 0 Å². The third-order valence-corrected chi connectivity index (χ3v) is 3.01. The summed E-state index contributed by atoms with van der Waals surface area (Å²) in [6.45, 7) is 7.54. The molecule has 2 atom stereocenters. The second-order valence-electron chi connectivity index (χ2n) is 4.54. The van der Waals surface area contributed by atoms with Gasteiger partial charge < -0.3 is 10.2 Å². The fourth-order valence-electron chi connectivity index (χ4n) is 2.07. The molecule has 1 heterocycles. The average molecular weight is 236 g/mol. The molecule has 2 unspecified atom stereocenters. The van der Waals surface area contributed by atoms with Gasteiger partial charge in [-0.05, 0) is 26.0 Å². The van der Waals surface area contributed by atoms with Crippen molar-refractivity contribution in [1.82, 2.24) is 15.3 Å². The van der Waals surface area contributed by atoms with E-state index >= 15 is 0 Å². The van der Waals surface area contributed by atoms with E-state index < -0.39 is 0 Å². The molecule has 1 aromatic rings. The molecule has 0 saturated carbocycles. The number of anilines is 1. The highest BCUT2D eigenvalue weighted by Gasteiger charge is 2.18. The van der Waals surface area contributed by atoms with Crippen molar-refractivity contribution in [2.24, 2.45) is 0 Å². The minimum atomic E-state index is 0.440. The van der Waals surface area contributed by atoms with Crippen LogP contribution in [0.2, 0.25) is 0 Å². The molecular weight excluding hydrogens is 212 g/mol. The largest absolute Gasteiger partial charge is 0.347 e. The van der Waals surface area contributed by atoms with Crippen molar-refractivity contribution in [1.29, 1.82) is 0 Å². The molecule has 1 rings (SSSR count). The first-order valence-electron chi connectivity index (χ1n) is 6.33. The number of aromatic nitrogens is 2. The SMILES string of the molecule is CCNC(C)C(CC)c1ccnc(N(C)C)n1. The maximum atomic E-state index is 4.62. The first kappa shape index (κ1) is 13.9. The van der Waals surface area contributed by atoms with Crippen LogP contribution in [0.25, 0.3) is 0 Å². The van der Waals surface area contributed by atoms with Crippen LogP contribution in [0.1, 0.15) is 38.8 Å². The standard InChI is InChI=1S/C13H24N4/c1-6-11(10(3)14-7-2)12-8-9-15-13(16-12)17(4)5/h8-11,14H,6-7H2,1-5H3. The zero-order valence-electron chi connectivity index (χ0n) is 11.6. The second kappa shape index (κ2) is 6.55. The van der Waals surface area contributed by atoms with Gasteiger partial charge in [-0.25, -0.2) is 9.97 Å². The molecule has 0 aliphatic heterocycles.